The molecule has 0 aliphatic carbocycles. The highest BCUT2D eigenvalue weighted by Crippen LogP contribution is 2.50. The molecule has 4 heterocycles. The summed E-state index contributed by atoms with van der Waals surface area (Å²) >= 11 is 0. The third-order valence-electron chi connectivity index (χ3n) is 29.3. The average Bonchev–Trinajstić information content (AvgIpc) is 1.08. The van der Waals surface area contributed by atoms with E-state index in [1.165, 1.54) is 191 Å². The molecular weight excluding hydrogens is 1670 g/mol. The minimum absolute atomic E-state index is 1.10. The van der Waals surface area contributed by atoms with E-state index in [4.69, 9.17) is 0 Å². The van der Waals surface area contributed by atoms with E-state index in [1.807, 2.05) is 0 Å². The molecule has 28 rings (SSSR count). The molecule has 4 aromatic heterocycles. The molecule has 28 aromatic rings. The Bertz CT molecular complexity index is 9730. The lowest BCUT2D eigenvalue weighted by atomic mass is 9.86. The molecule has 0 radical (unpaired) electrons. The summed E-state index contributed by atoms with van der Waals surface area (Å²) in [5.74, 6) is 0. The lowest BCUT2D eigenvalue weighted by Crippen LogP contribution is -1.95. The zero-order chi connectivity index (χ0) is 90.6. The summed E-state index contributed by atoms with van der Waals surface area (Å²) < 4.78 is 9.81. The van der Waals surface area contributed by atoms with Gasteiger partial charge in [0.15, 0.2) is 0 Å². The Hall–Kier alpha value is -18.2. The normalized spacial score (nSPS) is 11.9. The van der Waals surface area contributed by atoms with E-state index < -0.39 is 0 Å². The van der Waals surface area contributed by atoms with Crippen LogP contribution >= 0.6 is 0 Å². The third-order valence-corrected chi connectivity index (χ3v) is 29.3. The highest BCUT2D eigenvalue weighted by Gasteiger charge is 2.26. The van der Waals surface area contributed by atoms with Gasteiger partial charge in [-0.05, 0) is 305 Å². The van der Waals surface area contributed by atoms with Crippen LogP contribution in [0.1, 0.15) is 0 Å². The van der Waals surface area contributed by atoms with Crippen LogP contribution < -0.4 is 0 Å². The maximum atomic E-state index is 2.48. The van der Waals surface area contributed by atoms with Crippen LogP contribution in [0.25, 0.3) is 275 Å². The second kappa shape index (κ2) is 31.8. The predicted octanol–water partition coefficient (Wildman–Crippen LogP) is 36.5. The monoisotopic (exact) mass is 1750 g/mol. The quantitative estimate of drug-likeness (QED) is 0.0967. The number of hydrogen-bond acceptors (Lipinski definition) is 0. The molecule has 0 amide bonds. The van der Waals surface area contributed by atoms with E-state index in [9.17, 15) is 0 Å². The lowest BCUT2D eigenvalue weighted by Gasteiger charge is -2.18. The topological polar surface area (TPSA) is 19.7 Å². The number of aromatic nitrogens is 4. The molecule has 0 fully saturated rings. The van der Waals surface area contributed by atoms with E-state index >= 15 is 0 Å². The number of fused-ring (bicyclic) bond motifs is 17. The molecule has 24 aromatic carbocycles. The van der Waals surface area contributed by atoms with Crippen LogP contribution in [-0.4, -0.2) is 18.3 Å². The molecule has 0 aliphatic rings. The second-order valence-electron chi connectivity index (χ2n) is 36.8. The SMILES string of the molecule is c1ccc(-c2ccc(-c3ccc4c(c3)c3cc(-c5ccc6c(c5)c5ccccc5n6-c5cccc(-c6cccc7cc(-c8ccc9c(c8)c8cc(-c%10ccc%11c(c%10)c%10ccccc%10n%11-c%10ccccc%10)ccc8n9-c8ccc(-c9c%10ccccc%10c(-c%10ccccc%10)c%10ccccc9%10)cc8)ccc67)c5)ccc3n4-c3ccc(-c4c5ccccc5c(-c5ccccc5)c5ccccc45)cc3)cc2)cc1. The van der Waals surface area contributed by atoms with Gasteiger partial charge in [0.25, 0.3) is 0 Å². The van der Waals surface area contributed by atoms with Gasteiger partial charge < -0.3 is 18.3 Å². The number of para-hydroxylation sites is 3. The van der Waals surface area contributed by atoms with Gasteiger partial charge in [0.1, 0.15) is 0 Å². The molecule has 0 atom stereocenters. The van der Waals surface area contributed by atoms with Gasteiger partial charge in [0, 0.05) is 65.8 Å². The zero-order valence-corrected chi connectivity index (χ0v) is 75.3. The Labute approximate surface area is 797 Å². The van der Waals surface area contributed by atoms with Gasteiger partial charge in [-0.15, -0.1) is 0 Å². The number of rotatable bonds is 14. The molecule has 640 valence electrons. The molecule has 0 unspecified atom stereocenters. The summed E-state index contributed by atoms with van der Waals surface area (Å²) in [6, 6.07) is 190. The highest BCUT2D eigenvalue weighted by molar-refractivity contribution is 6.24. The van der Waals surface area contributed by atoms with Crippen molar-refractivity contribution in [1.29, 1.82) is 0 Å². The van der Waals surface area contributed by atoms with Gasteiger partial charge in [-0.3, -0.25) is 0 Å². The lowest BCUT2D eigenvalue weighted by molar-refractivity contribution is 1.18. The first-order valence-electron chi connectivity index (χ1n) is 47.7. The van der Waals surface area contributed by atoms with Gasteiger partial charge in [-0.1, -0.05) is 370 Å². The smallest absolute Gasteiger partial charge is 0.0541 e. The summed E-state index contributed by atoms with van der Waals surface area (Å²) in [5.41, 5.74) is 37.6. The third kappa shape index (κ3) is 12.6. The highest BCUT2D eigenvalue weighted by atomic mass is 15.0. The number of nitrogens with zero attached hydrogens (tertiary/aromatic N) is 4. The van der Waals surface area contributed by atoms with Crippen LogP contribution in [0.15, 0.2) is 510 Å². The second-order valence-corrected chi connectivity index (χ2v) is 36.8. The van der Waals surface area contributed by atoms with E-state index in [2.05, 4.69) is 528 Å². The zero-order valence-electron chi connectivity index (χ0n) is 75.3. The molecule has 0 bridgehead atoms. The number of benzene rings is 24. The minimum atomic E-state index is 1.10. The fourth-order valence-corrected chi connectivity index (χ4v) is 23.0. The van der Waals surface area contributed by atoms with Crippen molar-refractivity contribution in [3.8, 4) is 134 Å². The Morgan fingerprint density at radius 1 is 0.101 bits per heavy atom. The maximum absolute atomic E-state index is 2.48. The molecule has 4 nitrogen and oxygen atoms in total. The fourth-order valence-electron chi connectivity index (χ4n) is 23.0. The van der Waals surface area contributed by atoms with Crippen LogP contribution in [-0.2, 0) is 0 Å². The van der Waals surface area contributed by atoms with E-state index in [-0.39, 0.29) is 0 Å². The van der Waals surface area contributed by atoms with E-state index in [1.54, 1.807) is 0 Å². The van der Waals surface area contributed by atoms with Crippen molar-refractivity contribution in [1.82, 2.24) is 18.3 Å². The Balaban J connectivity index is 0.532. The molecule has 0 saturated carbocycles. The van der Waals surface area contributed by atoms with Crippen LogP contribution in [0, 0.1) is 0 Å². The molecule has 4 heteroatoms. The maximum Gasteiger partial charge on any atom is 0.0541 e. The minimum Gasteiger partial charge on any atom is -0.309 e. The molecule has 0 spiro atoms. The molecule has 0 saturated heterocycles. The first-order chi connectivity index (χ1) is 68.4. The predicted molar refractivity (Wildman–Crippen MR) is 586 cm³/mol. The van der Waals surface area contributed by atoms with Crippen molar-refractivity contribution < 1.29 is 0 Å². The standard InChI is InChI=1S/C134H84N4/c1-5-27-85(28-6-1)86-51-53-87(54-52-86)93-60-71-127-119(79-93)121-83-97(64-75-129(121)136(127)102-66-55-90(56-67-102)133-113-44-17-13-40-109(113)131(88-29-7-2-8-30-88)110-41-14-18-45-114(110)133)96-63-73-126-118(81-96)108-39-22-24-50-124(108)138(126)104-37-25-33-100(78-104)105-48-26-34-99-77-92(59-70-106(99)105)94-61-74-128-120(82-94)122-84-98(95-62-72-125-117(80-95)107-38-21-23-49-123(107)135(125)101-35-11-4-12-36-101)65-76-130(122)137(128)103-68-57-91(58-69-103)134-115-46-19-15-42-111(115)132(89-31-9-3-10-32-89)112-43-16-20-47-116(112)134/h1-84H. The summed E-state index contributed by atoms with van der Waals surface area (Å²) in [6.07, 6.45) is 0. The molecule has 0 aliphatic heterocycles. The van der Waals surface area contributed by atoms with Gasteiger partial charge in [0.2, 0.25) is 0 Å². The van der Waals surface area contributed by atoms with Gasteiger partial charge >= 0.3 is 0 Å². The van der Waals surface area contributed by atoms with Crippen LogP contribution in [0.5, 0.6) is 0 Å². The largest absolute Gasteiger partial charge is 0.309 e. The van der Waals surface area contributed by atoms with Gasteiger partial charge in [-0.25, -0.2) is 0 Å². The van der Waals surface area contributed by atoms with Gasteiger partial charge in [0.05, 0.1) is 44.1 Å². The van der Waals surface area contributed by atoms with Gasteiger partial charge in [-0.2, -0.15) is 0 Å². The van der Waals surface area contributed by atoms with Crippen LogP contribution in [0.2, 0.25) is 0 Å². The van der Waals surface area contributed by atoms with Crippen molar-refractivity contribution in [2.24, 2.45) is 0 Å². The van der Waals surface area contributed by atoms with Crippen LogP contribution in [0.4, 0.5) is 0 Å². The summed E-state index contributed by atoms with van der Waals surface area (Å²) in [7, 11) is 0. The average molecular weight is 1750 g/mol. The van der Waals surface area contributed by atoms with Crippen LogP contribution in [0.3, 0.4) is 0 Å². The molecule has 0 N–H and O–H groups in total. The number of hydrogen-bond donors (Lipinski definition) is 0. The van der Waals surface area contributed by atoms with Crippen molar-refractivity contribution in [2.45, 2.75) is 0 Å². The van der Waals surface area contributed by atoms with Crippen molar-refractivity contribution in [3.63, 3.8) is 0 Å². The summed E-state index contributed by atoms with van der Waals surface area (Å²) in [4.78, 5) is 0. The summed E-state index contributed by atoms with van der Waals surface area (Å²) in [6.45, 7) is 0. The van der Waals surface area contributed by atoms with Crippen molar-refractivity contribution in [2.75, 3.05) is 0 Å². The Morgan fingerprint density at radius 3 is 0.696 bits per heavy atom. The van der Waals surface area contributed by atoms with E-state index in [0.29, 0.717) is 0 Å². The Morgan fingerprint density at radius 2 is 0.326 bits per heavy atom. The van der Waals surface area contributed by atoms with E-state index in [0.717, 1.165) is 83.7 Å². The molecule has 138 heavy (non-hydrogen) atoms. The molecular formula is C134H84N4. The Kier molecular flexibility index (Phi) is 18.1. The van der Waals surface area contributed by atoms with Crippen molar-refractivity contribution >= 4 is 141 Å². The fraction of sp³-hybridized carbons (Fsp3) is 0. The van der Waals surface area contributed by atoms with Crippen molar-refractivity contribution in [3.05, 3.63) is 510 Å². The summed E-state index contributed by atoms with van der Waals surface area (Å²) in [5, 5.41) is 22.0. The first-order valence-corrected chi connectivity index (χ1v) is 47.7. The first kappa shape index (κ1) is 78.4.